The van der Waals surface area contributed by atoms with Crippen molar-refractivity contribution in [2.75, 3.05) is 13.2 Å². The van der Waals surface area contributed by atoms with E-state index in [1.807, 2.05) is 42.5 Å². The average molecular weight is 492 g/mol. The fourth-order valence-electron chi connectivity index (χ4n) is 4.32. The summed E-state index contributed by atoms with van der Waals surface area (Å²) in [4.78, 5) is 16.3. The van der Waals surface area contributed by atoms with E-state index in [4.69, 9.17) is 21.5 Å². The predicted octanol–water partition coefficient (Wildman–Crippen LogP) is 5.55. The van der Waals surface area contributed by atoms with Crippen LogP contribution in [0.2, 0.25) is 5.02 Å². The van der Waals surface area contributed by atoms with E-state index in [9.17, 15) is 4.79 Å². The third kappa shape index (κ3) is 5.66. The minimum Gasteiger partial charge on any atom is -0.481 e. The molecular formula is C28H30ClN3O3. The van der Waals surface area contributed by atoms with Crippen LogP contribution in [-0.4, -0.2) is 28.8 Å². The number of hydrogen-bond acceptors (Lipinski definition) is 4. The highest BCUT2D eigenvalue weighted by Crippen LogP contribution is 2.25. The summed E-state index contributed by atoms with van der Waals surface area (Å²) in [6.45, 7) is 6.69. The number of benzene rings is 3. The number of pyridine rings is 1. The Labute approximate surface area is 209 Å². The summed E-state index contributed by atoms with van der Waals surface area (Å²) in [5, 5.41) is 20.3. The molecule has 1 heterocycles. The molecule has 0 bridgehead atoms. The SMILES string of the molecule is Cc1ccc2/c(=N/OCCC(=O)O)c3ccccc3n(CCCNCc3ccccc3Cl)c2c1C. The van der Waals surface area contributed by atoms with Crippen LogP contribution in [-0.2, 0) is 22.7 Å². The Hall–Kier alpha value is -3.35. The summed E-state index contributed by atoms with van der Waals surface area (Å²) in [6, 6.07) is 20.2. The van der Waals surface area contributed by atoms with Crippen molar-refractivity contribution in [3.63, 3.8) is 0 Å². The summed E-state index contributed by atoms with van der Waals surface area (Å²) in [5.74, 6) is -0.907. The van der Waals surface area contributed by atoms with Crippen LogP contribution in [0, 0.1) is 13.8 Å². The van der Waals surface area contributed by atoms with Crippen molar-refractivity contribution < 1.29 is 14.7 Å². The van der Waals surface area contributed by atoms with Gasteiger partial charge in [0.25, 0.3) is 0 Å². The van der Waals surface area contributed by atoms with E-state index in [1.54, 1.807) is 0 Å². The summed E-state index contributed by atoms with van der Waals surface area (Å²) >= 11 is 6.28. The molecule has 0 unspecified atom stereocenters. The van der Waals surface area contributed by atoms with Crippen LogP contribution in [0.5, 0.6) is 0 Å². The molecule has 0 fully saturated rings. The quantitative estimate of drug-likeness (QED) is 0.173. The van der Waals surface area contributed by atoms with Crippen LogP contribution < -0.4 is 10.7 Å². The second-order valence-electron chi connectivity index (χ2n) is 8.61. The zero-order valence-electron chi connectivity index (χ0n) is 20.1. The van der Waals surface area contributed by atoms with E-state index in [0.717, 1.165) is 63.8 Å². The van der Waals surface area contributed by atoms with Crippen LogP contribution in [0.3, 0.4) is 0 Å². The van der Waals surface area contributed by atoms with Crippen molar-refractivity contribution in [3.8, 4) is 0 Å². The molecule has 0 spiro atoms. The Kier molecular flexibility index (Phi) is 8.06. The summed E-state index contributed by atoms with van der Waals surface area (Å²) in [7, 11) is 0. The minimum atomic E-state index is -0.907. The summed E-state index contributed by atoms with van der Waals surface area (Å²) in [6.07, 6.45) is 0.846. The molecular weight excluding hydrogens is 462 g/mol. The Balaban J connectivity index is 1.66. The highest BCUT2D eigenvalue weighted by Gasteiger charge is 2.13. The maximum Gasteiger partial charge on any atom is 0.306 e. The lowest BCUT2D eigenvalue weighted by Gasteiger charge is -2.19. The first kappa shape index (κ1) is 24.8. The first-order chi connectivity index (χ1) is 17.0. The molecule has 0 saturated carbocycles. The van der Waals surface area contributed by atoms with Crippen molar-refractivity contribution in [3.05, 3.63) is 87.7 Å². The molecule has 0 saturated heterocycles. The Morgan fingerprint density at radius 1 is 1.06 bits per heavy atom. The molecule has 2 N–H and O–H groups in total. The normalized spacial score (nSPS) is 11.9. The number of nitrogens with zero attached hydrogens (tertiary/aromatic N) is 2. The molecule has 0 atom stereocenters. The van der Waals surface area contributed by atoms with E-state index in [1.165, 1.54) is 11.1 Å². The average Bonchev–Trinajstić information content (AvgIpc) is 2.85. The fraction of sp³-hybridized carbons (Fsp3) is 0.286. The zero-order chi connectivity index (χ0) is 24.8. The minimum absolute atomic E-state index is 0.0298. The second-order valence-corrected chi connectivity index (χ2v) is 9.02. The predicted molar refractivity (Wildman–Crippen MR) is 140 cm³/mol. The molecule has 6 nitrogen and oxygen atoms in total. The number of rotatable bonds is 10. The van der Waals surface area contributed by atoms with E-state index < -0.39 is 5.97 Å². The van der Waals surface area contributed by atoms with Gasteiger partial charge in [-0.15, -0.1) is 0 Å². The van der Waals surface area contributed by atoms with Crippen molar-refractivity contribution in [2.45, 2.75) is 39.8 Å². The molecule has 0 aliphatic carbocycles. The van der Waals surface area contributed by atoms with Gasteiger partial charge in [0.2, 0.25) is 0 Å². The van der Waals surface area contributed by atoms with Gasteiger partial charge in [0.1, 0.15) is 12.0 Å². The molecule has 0 amide bonds. The fourth-order valence-corrected chi connectivity index (χ4v) is 4.52. The maximum atomic E-state index is 10.9. The van der Waals surface area contributed by atoms with Crippen LogP contribution in [0.15, 0.2) is 65.8 Å². The van der Waals surface area contributed by atoms with Crippen molar-refractivity contribution in [2.24, 2.45) is 5.16 Å². The molecule has 4 aromatic rings. The highest BCUT2D eigenvalue weighted by molar-refractivity contribution is 6.31. The highest BCUT2D eigenvalue weighted by atomic mass is 35.5. The first-order valence-corrected chi connectivity index (χ1v) is 12.2. The number of carboxylic acid groups (broad SMARTS) is 1. The molecule has 0 aliphatic heterocycles. The molecule has 3 aromatic carbocycles. The first-order valence-electron chi connectivity index (χ1n) is 11.8. The van der Waals surface area contributed by atoms with E-state index in [-0.39, 0.29) is 13.0 Å². The van der Waals surface area contributed by atoms with Gasteiger partial charge in [-0.05, 0) is 55.6 Å². The Bertz CT molecular complexity index is 1430. The number of aryl methyl sites for hydroxylation is 3. The van der Waals surface area contributed by atoms with Crippen LogP contribution in [0.4, 0.5) is 0 Å². The number of fused-ring (bicyclic) bond motifs is 2. The number of aliphatic carboxylic acids is 1. The molecule has 35 heavy (non-hydrogen) atoms. The number of carboxylic acids is 1. The molecule has 7 heteroatoms. The molecule has 0 radical (unpaired) electrons. The van der Waals surface area contributed by atoms with Crippen molar-refractivity contribution >= 4 is 39.4 Å². The van der Waals surface area contributed by atoms with Gasteiger partial charge in [0.15, 0.2) is 0 Å². The number of para-hydroxylation sites is 1. The Morgan fingerprint density at radius 3 is 2.63 bits per heavy atom. The number of aromatic nitrogens is 1. The third-order valence-corrected chi connectivity index (χ3v) is 6.62. The standard InChI is InChI=1S/C28H30ClN3O3/c1-19-12-13-23-27(31-35-17-14-26(33)34)22-9-4-6-11-25(22)32(28(23)20(19)2)16-7-15-30-18-21-8-3-5-10-24(21)29/h3-6,8-13,30H,7,14-18H2,1-2H3,(H,33,34)/b31-27+. The lowest BCUT2D eigenvalue weighted by molar-refractivity contribution is -0.138. The van der Waals surface area contributed by atoms with Crippen LogP contribution >= 0.6 is 11.6 Å². The second kappa shape index (κ2) is 11.4. The number of carbonyl (C=O) groups is 1. The Morgan fingerprint density at radius 2 is 1.83 bits per heavy atom. The number of nitrogens with one attached hydrogen (secondary N) is 1. The van der Waals surface area contributed by atoms with Crippen LogP contribution in [0.1, 0.15) is 29.5 Å². The number of halogens is 1. The van der Waals surface area contributed by atoms with E-state index in [2.05, 4.69) is 47.1 Å². The molecule has 1 aromatic heterocycles. The van der Waals surface area contributed by atoms with Crippen molar-refractivity contribution in [1.82, 2.24) is 9.88 Å². The van der Waals surface area contributed by atoms with Gasteiger partial charge in [-0.1, -0.05) is 65.3 Å². The van der Waals surface area contributed by atoms with E-state index >= 15 is 0 Å². The lowest BCUT2D eigenvalue weighted by atomic mass is 10.0. The molecule has 0 aliphatic rings. The summed E-state index contributed by atoms with van der Waals surface area (Å²) in [5.41, 5.74) is 5.68. The van der Waals surface area contributed by atoms with Crippen molar-refractivity contribution in [1.29, 1.82) is 0 Å². The molecule has 182 valence electrons. The van der Waals surface area contributed by atoms with Gasteiger partial charge in [-0.3, -0.25) is 4.79 Å². The monoisotopic (exact) mass is 491 g/mol. The van der Waals surface area contributed by atoms with Gasteiger partial charge in [0, 0.05) is 28.9 Å². The largest absolute Gasteiger partial charge is 0.481 e. The van der Waals surface area contributed by atoms with Gasteiger partial charge in [0.05, 0.1) is 17.5 Å². The topological polar surface area (TPSA) is 75.8 Å². The summed E-state index contributed by atoms with van der Waals surface area (Å²) < 4.78 is 2.36. The zero-order valence-corrected chi connectivity index (χ0v) is 20.8. The number of hydrogen-bond donors (Lipinski definition) is 2. The van der Waals surface area contributed by atoms with Gasteiger partial charge in [-0.2, -0.15) is 0 Å². The van der Waals surface area contributed by atoms with Gasteiger partial charge >= 0.3 is 5.97 Å². The van der Waals surface area contributed by atoms with Gasteiger partial charge in [-0.25, -0.2) is 0 Å². The smallest absolute Gasteiger partial charge is 0.306 e. The molecule has 4 rings (SSSR count). The third-order valence-electron chi connectivity index (χ3n) is 6.25. The maximum absolute atomic E-state index is 10.9. The lowest BCUT2D eigenvalue weighted by Crippen LogP contribution is -2.19. The van der Waals surface area contributed by atoms with Gasteiger partial charge < -0.3 is 19.8 Å². The van der Waals surface area contributed by atoms with E-state index in [0.29, 0.717) is 0 Å². The van der Waals surface area contributed by atoms with Crippen LogP contribution in [0.25, 0.3) is 21.8 Å².